The second kappa shape index (κ2) is 18.1. The van der Waals surface area contributed by atoms with Gasteiger partial charge in [-0.1, -0.05) is 26.0 Å². The van der Waals surface area contributed by atoms with E-state index in [4.69, 9.17) is 53.3 Å². The zero-order valence-corrected chi connectivity index (χ0v) is 32.8. The topological polar surface area (TPSA) is 136 Å². The van der Waals surface area contributed by atoms with Crippen molar-refractivity contribution in [2.45, 2.75) is 157 Å². The first-order valence-corrected chi connectivity index (χ1v) is 17.1. The molecule has 0 amide bonds. The van der Waals surface area contributed by atoms with Gasteiger partial charge in [-0.2, -0.15) is 19.6 Å². The Hall–Kier alpha value is -3.14. The highest BCUT2D eigenvalue weighted by atomic mass is 17.3. The third kappa shape index (κ3) is 17.8. The molecule has 0 atom stereocenters. The van der Waals surface area contributed by atoms with Crippen LogP contribution in [0, 0.1) is 0 Å². The summed E-state index contributed by atoms with van der Waals surface area (Å²) in [6.07, 6.45) is -0.247. The Labute approximate surface area is 302 Å². The molecule has 0 aliphatic carbocycles. The number of rotatable bonds is 18. The molecule has 2 rings (SSSR count). The molecule has 0 bridgehead atoms. The van der Waals surface area contributed by atoms with E-state index in [0.717, 1.165) is 0 Å². The van der Waals surface area contributed by atoms with Gasteiger partial charge in [-0.05, 0) is 107 Å². The van der Waals surface area contributed by atoms with Gasteiger partial charge in [0, 0.05) is 25.0 Å². The van der Waals surface area contributed by atoms with Crippen LogP contribution < -0.4 is 14.2 Å². The first kappa shape index (κ1) is 44.0. The second-order valence-corrected chi connectivity index (χ2v) is 16.0. The molecule has 13 nitrogen and oxygen atoms in total. The molecule has 0 N–H and O–H groups in total. The molecule has 0 heterocycles. The maximum absolute atomic E-state index is 13.1. The Morgan fingerprint density at radius 1 is 0.451 bits per heavy atom. The van der Waals surface area contributed by atoms with E-state index in [1.165, 1.54) is 12.1 Å². The maximum Gasteiger partial charge on any atom is 0.316 e. The Morgan fingerprint density at radius 2 is 0.725 bits per heavy atom. The van der Waals surface area contributed by atoms with Gasteiger partial charge in [-0.15, -0.1) is 0 Å². The molecule has 13 heteroatoms. The van der Waals surface area contributed by atoms with Crippen LogP contribution in [0.25, 0.3) is 0 Å². The van der Waals surface area contributed by atoms with Crippen LogP contribution in [0.15, 0.2) is 48.5 Å². The van der Waals surface area contributed by atoms with Crippen molar-refractivity contribution in [3.8, 4) is 23.0 Å². The van der Waals surface area contributed by atoms with Crippen molar-refractivity contribution < 1.29 is 62.9 Å². The predicted octanol–water partition coefficient (Wildman–Crippen LogP) is 9.27. The zero-order chi connectivity index (χ0) is 38.7. The average molecular weight is 723 g/mol. The van der Waals surface area contributed by atoms with Crippen LogP contribution in [0.2, 0.25) is 0 Å². The number of carbonyl (C=O) groups excluding carboxylic acids is 2. The van der Waals surface area contributed by atoms with Crippen molar-refractivity contribution in [3.05, 3.63) is 48.5 Å². The van der Waals surface area contributed by atoms with Crippen LogP contribution in [0.4, 0.5) is 0 Å². The summed E-state index contributed by atoms with van der Waals surface area (Å²) in [4.78, 5) is 70.9. The van der Waals surface area contributed by atoms with Gasteiger partial charge in [0.15, 0.2) is 0 Å². The summed E-state index contributed by atoms with van der Waals surface area (Å²) >= 11 is 0. The molecule has 0 saturated heterocycles. The fraction of sp³-hybridized carbons (Fsp3) is 0.632. The molecule has 0 aliphatic rings. The van der Waals surface area contributed by atoms with Crippen molar-refractivity contribution in [2.24, 2.45) is 0 Å². The quantitative estimate of drug-likeness (QED) is 0.0476. The van der Waals surface area contributed by atoms with Crippen LogP contribution in [0.3, 0.4) is 0 Å². The maximum atomic E-state index is 13.1. The van der Waals surface area contributed by atoms with Gasteiger partial charge in [0.05, 0.1) is 22.4 Å². The molecule has 0 unspecified atom stereocenters. The second-order valence-electron chi connectivity index (χ2n) is 16.0. The van der Waals surface area contributed by atoms with Crippen LogP contribution in [0.1, 0.15) is 123 Å². The van der Waals surface area contributed by atoms with E-state index < -0.39 is 45.9 Å². The number of ether oxygens (including phenoxy) is 3. The standard InChI is InChI=1S/C38H58O13/c1-15-37(48-44-33(3,4)5,49-45-34(6,7)8)25-31(39)42-29-21-17-19-27(23-29)41-28-20-18-22-30(24-28)43-32(40)26-38(16-2,50-46-35(9,10)11)51-47-36(12,13)14/h17-24H,15-16,25-26H2,1-14H3. The summed E-state index contributed by atoms with van der Waals surface area (Å²) in [5, 5.41) is 0. The minimum absolute atomic E-state index is 0.212. The normalized spacial score (nSPS) is 13.2. The fourth-order valence-electron chi connectivity index (χ4n) is 3.55. The van der Waals surface area contributed by atoms with Crippen molar-refractivity contribution in [3.63, 3.8) is 0 Å². The SMILES string of the molecule is CCC(CC(=O)Oc1cccc(Oc2cccc(OC(=O)CC(CC)(OOC(C)(C)C)OOC(C)(C)C)c2)c1)(OOC(C)(C)C)OOC(C)(C)C. The minimum Gasteiger partial charge on any atom is -0.457 e. The molecule has 0 fully saturated rings. The number of benzene rings is 2. The van der Waals surface area contributed by atoms with Crippen LogP contribution >= 0.6 is 0 Å². The minimum atomic E-state index is -1.57. The van der Waals surface area contributed by atoms with Crippen LogP contribution in [0.5, 0.6) is 23.0 Å². The number of hydrogen-bond acceptors (Lipinski definition) is 13. The lowest BCUT2D eigenvalue weighted by atomic mass is 10.1. The van der Waals surface area contributed by atoms with Crippen molar-refractivity contribution in [2.75, 3.05) is 0 Å². The monoisotopic (exact) mass is 722 g/mol. The lowest BCUT2D eigenvalue weighted by molar-refractivity contribution is -0.540. The number of esters is 2. The summed E-state index contributed by atoms with van der Waals surface area (Å²) in [7, 11) is 0. The third-order valence-electron chi connectivity index (χ3n) is 5.99. The van der Waals surface area contributed by atoms with Gasteiger partial charge < -0.3 is 14.2 Å². The van der Waals surface area contributed by atoms with E-state index in [1.54, 1.807) is 133 Å². The van der Waals surface area contributed by atoms with Gasteiger partial charge in [0.2, 0.25) is 11.6 Å². The summed E-state index contributed by atoms with van der Waals surface area (Å²) in [6.45, 7) is 25.2. The molecule has 2 aromatic carbocycles. The summed E-state index contributed by atoms with van der Waals surface area (Å²) in [5.74, 6) is -3.32. The van der Waals surface area contributed by atoms with E-state index in [0.29, 0.717) is 11.5 Å². The Kier molecular flexibility index (Phi) is 15.6. The Bertz CT molecular complexity index is 1250. The van der Waals surface area contributed by atoms with E-state index in [-0.39, 0.29) is 37.2 Å². The molecular weight excluding hydrogens is 664 g/mol. The lowest BCUT2D eigenvalue weighted by Gasteiger charge is -2.34. The molecule has 288 valence electrons. The van der Waals surface area contributed by atoms with Gasteiger partial charge in [-0.25, -0.2) is 19.6 Å². The van der Waals surface area contributed by atoms with E-state index in [1.807, 2.05) is 0 Å². The van der Waals surface area contributed by atoms with Crippen molar-refractivity contribution >= 4 is 11.9 Å². The smallest absolute Gasteiger partial charge is 0.316 e. The molecule has 0 spiro atoms. The molecule has 0 radical (unpaired) electrons. The zero-order valence-electron chi connectivity index (χ0n) is 32.8. The molecular formula is C38H58O13. The first-order valence-electron chi connectivity index (χ1n) is 17.1. The lowest BCUT2D eigenvalue weighted by Crippen LogP contribution is -2.43. The third-order valence-corrected chi connectivity index (χ3v) is 5.99. The highest BCUT2D eigenvalue weighted by Gasteiger charge is 2.41. The van der Waals surface area contributed by atoms with E-state index in [9.17, 15) is 9.59 Å². The largest absolute Gasteiger partial charge is 0.457 e. The van der Waals surface area contributed by atoms with Crippen LogP contribution in [-0.2, 0) is 48.7 Å². The predicted molar refractivity (Wildman–Crippen MR) is 187 cm³/mol. The number of carbonyl (C=O) groups is 2. The van der Waals surface area contributed by atoms with Gasteiger partial charge in [0.1, 0.15) is 35.8 Å². The summed E-state index contributed by atoms with van der Waals surface area (Å²) in [6, 6.07) is 13.0. The molecule has 51 heavy (non-hydrogen) atoms. The molecule has 2 aromatic rings. The Morgan fingerprint density at radius 3 is 0.980 bits per heavy atom. The average Bonchev–Trinajstić information content (AvgIpc) is 2.99. The van der Waals surface area contributed by atoms with Crippen LogP contribution in [-0.4, -0.2) is 45.9 Å². The Balaban J connectivity index is 2.15. The summed E-state index contributed by atoms with van der Waals surface area (Å²) in [5.41, 5.74) is -2.72. The highest BCUT2D eigenvalue weighted by molar-refractivity contribution is 5.74. The van der Waals surface area contributed by atoms with E-state index >= 15 is 0 Å². The molecule has 0 saturated carbocycles. The number of hydrogen-bond donors (Lipinski definition) is 0. The van der Waals surface area contributed by atoms with Gasteiger partial charge in [-0.3, -0.25) is 9.59 Å². The van der Waals surface area contributed by atoms with Crippen molar-refractivity contribution in [1.82, 2.24) is 0 Å². The molecule has 0 aromatic heterocycles. The molecule has 0 aliphatic heterocycles. The fourth-order valence-corrected chi connectivity index (χ4v) is 3.55. The van der Waals surface area contributed by atoms with Gasteiger partial charge in [0.25, 0.3) is 0 Å². The summed E-state index contributed by atoms with van der Waals surface area (Å²) < 4.78 is 17.3. The first-order chi connectivity index (χ1) is 23.3. The van der Waals surface area contributed by atoms with Gasteiger partial charge >= 0.3 is 11.9 Å². The highest BCUT2D eigenvalue weighted by Crippen LogP contribution is 2.33. The van der Waals surface area contributed by atoms with Crippen molar-refractivity contribution in [1.29, 1.82) is 0 Å². The van der Waals surface area contributed by atoms with E-state index in [2.05, 4.69) is 0 Å².